The monoisotopic (exact) mass is 256 g/mol. The third kappa shape index (κ3) is 4.94. The molecule has 1 saturated heterocycles. The number of rotatable bonds is 2. The van der Waals surface area contributed by atoms with E-state index in [4.69, 9.17) is 0 Å². The van der Waals surface area contributed by atoms with E-state index in [0.717, 1.165) is 12.8 Å². The molecular formula is C13H24N2O3. The molecule has 104 valence electrons. The van der Waals surface area contributed by atoms with E-state index in [9.17, 15) is 9.59 Å². The van der Waals surface area contributed by atoms with Crippen LogP contribution in [0.15, 0.2) is 0 Å². The summed E-state index contributed by atoms with van der Waals surface area (Å²) < 4.78 is 4.67. The van der Waals surface area contributed by atoms with Gasteiger partial charge in [0.25, 0.3) is 0 Å². The average molecular weight is 256 g/mol. The lowest BCUT2D eigenvalue weighted by Gasteiger charge is -2.31. The molecule has 0 aromatic rings. The fraction of sp³-hybridized carbons (Fsp3) is 0.846. The van der Waals surface area contributed by atoms with Crippen LogP contribution in [0.4, 0.5) is 4.79 Å². The van der Waals surface area contributed by atoms with E-state index in [0.29, 0.717) is 19.5 Å². The number of nitrogens with zero attached hydrogens (tertiary/aromatic N) is 1. The fourth-order valence-corrected chi connectivity index (χ4v) is 2.10. The summed E-state index contributed by atoms with van der Waals surface area (Å²) in [6, 6.07) is 0.181. The Balaban J connectivity index is 2.31. The van der Waals surface area contributed by atoms with Crippen molar-refractivity contribution in [1.82, 2.24) is 10.2 Å². The normalized spacial score (nSPS) is 17.4. The third-order valence-corrected chi connectivity index (χ3v) is 2.98. The number of carbonyl (C=O) groups excluding carboxylic acids is 2. The molecule has 1 aliphatic rings. The number of carbonyl (C=O) groups is 2. The molecule has 5 nitrogen and oxygen atoms in total. The Labute approximate surface area is 109 Å². The highest BCUT2D eigenvalue weighted by atomic mass is 16.5. The molecule has 1 N–H and O–H groups in total. The van der Waals surface area contributed by atoms with Gasteiger partial charge in [0, 0.05) is 25.6 Å². The molecule has 1 aliphatic heterocycles. The molecule has 0 aromatic heterocycles. The van der Waals surface area contributed by atoms with Gasteiger partial charge in [-0.15, -0.1) is 0 Å². The van der Waals surface area contributed by atoms with Crippen LogP contribution in [0.3, 0.4) is 0 Å². The van der Waals surface area contributed by atoms with Crippen LogP contribution in [0.25, 0.3) is 0 Å². The molecule has 0 aliphatic carbocycles. The molecule has 0 spiro atoms. The van der Waals surface area contributed by atoms with Crippen LogP contribution >= 0.6 is 0 Å². The van der Waals surface area contributed by atoms with Gasteiger partial charge in [0.1, 0.15) is 0 Å². The van der Waals surface area contributed by atoms with Crippen LogP contribution in [0.1, 0.15) is 40.0 Å². The van der Waals surface area contributed by atoms with E-state index in [-0.39, 0.29) is 23.5 Å². The Morgan fingerprint density at radius 1 is 1.28 bits per heavy atom. The summed E-state index contributed by atoms with van der Waals surface area (Å²) in [5.41, 5.74) is 0.0107. The van der Waals surface area contributed by atoms with Crippen molar-refractivity contribution >= 4 is 12.0 Å². The Morgan fingerprint density at radius 2 is 1.83 bits per heavy atom. The maximum absolute atomic E-state index is 11.8. The SMILES string of the molecule is COC(=O)N1CCC(NC(=O)CC(C)(C)C)CC1. The van der Waals surface area contributed by atoms with Crippen LogP contribution < -0.4 is 5.32 Å². The number of methoxy groups -OCH3 is 1. The van der Waals surface area contributed by atoms with E-state index < -0.39 is 0 Å². The summed E-state index contributed by atoms with van der Waals surface area (Å²) in [6.07, 6.45) is 1.84. The van der Waals surface area contributed by atoms with Gasteiger partial charge in [0.15, 0.2) is 0 Å². The van der Waals surface area contributed by atoms with Crippen molar-refractivity contribution in [3.05, 3.63) is 0 Å². The molecule has 0 saturated carbocycles. The van der Waals surface area contributed by atoms with E-state index >= 15 is 0 Å². The zero-order valence-electron chi connectivity index (χ0n) is 11.8. The van der Waals surface area contributed by atoms with Gasteiger partial charge >= 0.3 is 6.09 Å². The molecule has 0 radical (unpaired) electrons. The second-order valence-electron chi connectivity index (χ2n) is 6.04. The Bertz CT molecular complexity index is 302. The summed E-state index contributed by atoms with van der Waals surface area (Å²) in [5.74, 6) is 0.0963. The van der Waals surface area contributed by atoms with Gasteiger partial charge in [0.2, 0.25) is 5.91 Å². The van der Waals surface area contributed by atoms with Crippen LogP contribution in [-0.2, 0) is 9.53 Å². The molecule has 0 bridgehead atoms. The molecular weight excluding hydrogens is 232 g/mol. The molecule has 1 fully saturated rings. The lowest BCUT2D eigenvalue weighted by Crippen LogP contribution is -2.47. The fourth-order valence-electron chi connectivity index (χ4n) is 2.10. The maximum Gasteiger partial charge on any atom is 0.409 e. The molecule has 5 heteroatoms. The maximum atomic E-state index is 11.8. The van der Waals surface area contributed by atoms with Crippen molar-refractivity contribution in [2.24, 2.45) is 5.41 Å². The average Bonchev–Trinajstić information content (AvgIpc) is 2.26. The van der Waals surface area contributed by atoms with Crippen molar-refractivity contribution in [3.63, 3.8) is 0 Å². The molecule has 0 unspecified atom stereocenters. The van der Waals surface area contributed by atoms with E-state index in [2.05, 4.69) is 10.1 Å². The van der Waals surface area contributed by atoms with E-state index in [1.807, 2.05) is 20.8 Å². The summed E-state index contributed by atoms with van der Waals surface area (Å²) >= 11 is 0. The molecule has 1 rings (SSSR count). The van der Waals surface area contributed by atoms with Gasteiger partial charge in [-0.2, -0.15) is 0 Å². The van der Waals surface area contributed by atoms with Crippen LogP contribution in [-0.4, -0.2) is 43.1 Å². The standard InChI is InChI=1S/C13H24N2O3/c1-13(2,3)9-11(16)14-10-5-7-15(8-6-10)12(17)18-4/h10H,5-9H2,1-4H3,(H,14,16). The van der Waals surface area contributed by atoms with Gasteiger partial charge in [-0.1, -0.05) is 20.8 Å². The largest absolute Gasteiger partial charge is 0.453 e. The van der Waals surface area contributed by atoms with Gasteiger partial charge in [-0.3, -0.25) is 4.79 Å². The lowest BCUT2D eigenvalue weighted by atomic mass is 9.91. The second kappa shape index (κ2) is 6.07. The van der Waals surface area contributed by atoms with Crippen molar-refractivity contribution in [2.45, 2.75) is 46.1 Å². The molecule has 0 atom stereocenters. The zero-order chi connectivity index (χ0) is 13.8. The summed E-state index contributed by atoms with van der Waals surface area (Å²) in [4.78, 5) is 24.8. The molecule has 2 amide bonds. The molecule has 18 heavy (non-hydrogen) atoms. The first kappa shape index (κ1) is 14.8. The number of piperidine rings is 1. The van der Waals surface area contributed by atoms with Crippen molar-refractivity contribution < 1.29 is 14.3 Å². The van der Waals surface area contributed by atoms with E-state index in [1.165, 1.54) is 7.11 Å². The predicted molar refractivity (Wildman–Crippen MR) is 69.2 cm³/mol. The summed E-state index contributed by atoms with van der Waals surface area (Å²) in [7, 11) is 1.39. The van der Waals surface area contributed by atoms with Crippen molar-refractivity contribution in [1.29, 1.82) is 0 Å². The first-order valence-corrected chi connectivity index (χ1v) is 6.44. The second-order valence-corrected chi connectivity index (χ2v) is 6.04. The summed E-state index contributed by atoms with van der Waals surface area (Å²) in [5, 5.41) is 3.04. The van der Waals surface area contributed by atoms with Gasteiger partial charge in [-0.05, 0) is 18.3 Å². The zero-order valence-corrected chi connectivity index (χ0v) is 11.8. The Kier molecular flexibility index (Phi) is 4.99. The van der Waals surface area contributed by atoms with Gasteiger partial charge < -0.3 is 15.0 Å². The van der Waals surface area contributed by atoms with Crippen LogP contribution in [0, 0.1) is 5.41 Å². The topological polar surface area (TPSA) is 58.6 Å². The minimum absolute atomic E-state index is 0.0107. The summed E-state index contributed by atoms with van der Waals surface area (Å²) in [6.45, 7) is 7.44. The number of hydrogen-bond donors (Lipinski definition) is 1. The van der Waals surface area contributed by atoms with Crippen LogP contribution in [0.5, 0.6) is 0 Å². The first-order chi connectivity index (χ1) is 8.31. The van der Waals surface area contributed by atoms with Crippen LogP contribution in [0.2, 0.25) is 0 Å². The highest BCUT2D eigenvalue weighted by molar-refractivity contribution is 5.77. The predicted octanol–water partition coefficient (Wildman–Crippen LogP) is 1.77. The number of likely N-dealkylation sites (tertiary alicyclic amines) is 1. The quantitative estimate of drug-likeness (QED) is 0.819. The first-order valence-electron chi connectivity index (χ1n) is 6.44. The number of ether oxygens (including phenoxy) is 1. The Morgan fingerprint density at radius 3 is 2.28 bits per heavy atom. The number of amides is 2. The number of hydrogen-bond acceptors (Lipinski definition) is 3. The third-order valence-electron chi connectivity index (χ3n) is 2.98. The minimum Gasteiger partial charge on any atom is -0.453 e. The molecule has 0 aromatic carbocycles. The number of nitrogens with one attached hydrogen (secondary N) is 1. The lowest BCUT2D eigenvalue weighted by molar-refractivity contribution is -0.123. The highest BCUT2D eigenvalue weighted by Crippen LogP contribution is 2.19. The van der Waals surface area contributed by atoms with Crippen molar-refractivity contribution in [3.8, 4) is 0 Å². The highest BCUT2D eigenvalue weighted by Gasteiger charge is 2.25. The van der Waals surface area contributed by atoms with E-state index in [1.54, 1.807) is 4.90 Å². The van der Waals surface area contributed by atoms with Gasteiger partial charge in [0.05, 0.1) is 7.11 Å². The van der Waals surface area contributed by atoms with Gasteiger partial charge in [-0.25, -0.2) is 4.79 Å². The Hall–Kier alpha value is -1.26. The minimum atomic E-state index is -0.283. The smallest absolute Gasteiger partial charge is 0.409 e. The molecule has 1 heterocycles. The van der Waals surface area contributed by atoms with Crippen molar-refractivity contribution in [2.75, 3.05) is 20.2 Å².